The maximum atomic E-state index is 12.8. The van der Waals surface area contributed by atoms with Gasteiger partial charge in [0.05, 0.1) is 17.9 Å². The van der Waals surface area contributed by atoms with E-state index < -0.39 is 17.5 Å². The number of carbonyl (C=O) groups excluding carboxylic acids is 1. The third-order valence-electron chi connectivity index (χ3n) is 5.30. The molecule has 1 aliphatic heterocycles. The van der Waals surface area contributed by atoms with Crippen molar-refractivity contribution >= 4 is 11.8 Å². The zero-order chi connectivity index (χ0) is 22.8. The Morgan fingerprint density at radius 3 is 2.61 bits per heavy atom. The van der Waals surface area contributed by atoms with Gasteiger partial charge in [-0.1, -0.05) is 0 Å². The number of piperidine rings is 1. The lowest BCUT2D eigenvalue weighted by molar-refractivity contribution is -0.150. The van der Waals surface area contributed by atoms with Crippen molar-refractivity contribution in [3.8, 4) is 17.0 Å². The molecule has 2 heterocycles. The number of hydrogen-bond acceptors (Lipinski definition) is 7. The van der Waals surface area contributed by atoms with Crippen molar-refractivity contribution in [1.29, 1.82) is 0 Å². The van der Waals surface area contributed by atoms with Crippen molar-refractivity contribution in [3.05, 3.63) is 35.4 Å². The number of aromatic hydroxyl groups is 1. The molecule has 1 aliphatic rings. The Bertz CT molecular complexity index is 952. The molecule has 2 atom stereocenters. The summed E-state index contributed by atoms with van der Waals surface area (Å²) in [5, 5.41) is 21.6. The quantitative estimate of drug-likeness (QED) is 0.690. The number of anilines is 1. The van der Waals surface area contributed by atoms with Crippen LogP contribution in [0.2, 0.25) is 0 Å². The third-order valence-corrected chi connectivity index (χ3v) is 5.30. The summed E-state index contributed by atoms with van der Waals surface area (Å²) in [6, 6.07) is 4.29. The number of benzene rings is 1. The SMILES string of the molecule is CCOC(=O)[C@@H]1CC[C@@H](Nc2cc(C)c(-c3ccc(C(F)(F)F)cc3O)nn2)CN1C. The molecule has 2 aromatic rings. The number of carbonyl (C=O) groups is 1. The fourth-order valence-electron chi connectivity index (χ4n) is 3.74. The second-order valence-corrected chi connectivity index (χ2v) is 7.62. The fourth-order valence-corrected chi connectivity index (χ4v) is 3.74. The molecular weight excluding hydrogens is 413 g/mol. The summed E-state index contributed by atoms with van der Waals surface area (Å²) in [5.41, 5.74) is 0.209. The number of nitrogens with one attached hydrogen (secondary N) is 1. The van der Waals surface area contributed by atoms with Gasteiger partial charge in [-0.25, -0.2) is 0 Å². The zero-order valence-corrected chi connectivity index (χ0v) is 17.5. The number of hydrogen-bond donors (Lipinski definition) is 2. The Kier molecular flexibility index (Phi) is 6.68. The maximum Gasteiger partial charge on any atom is 0.416 e. The first-order chi connectivity index (χ1) is 14.6. The predicted molar refractivity (Wildman–Crippen MR) is 109 cm³/mol. The number of halogens is 3. The second kappa shape index (κ2) is 9.09. The monoisotopic (exact) mass is 438 g/mol. The van der Waals surface area contributed by atoms with E-state index in [2.05, 4.69) is 15.5 Å². The minimum atomic E-state index is -4.54. The average molecular weight is 438 g/mol. The number of alkyl halides is 3. The standard InChI is InChI=1S/C21H25F3N4O3/c1-4-31-20(30)16-8-6-14(11-28(16)3)25-18-9-12(2)19(27-26-18)15-7-5-13(10-17(15)29)21(22,23)24/h5,7,9-10,14,16,29H,4,6,8,11H2,1-3H3,(H,25,26)/t14-,16+/m1/s1. The normalized spacial score (nSPS) is 19.8. The van der Waals surface area contributed by atoms with Crippen LogP contribution in [0.15, 0.2) is 24.3 Å². The Morgan fingerprint density at radius 1 is 1.29 bits per heavy atom. The van der Waals surface area contributed by atoms with Gasteiger partial charge in [0.25, 0.3) is 0 Å². The van der Waals surface area contributed by atoms with Crippen LogP contribution in [0.25, 0.3) is 11.3 Å². The molecule has 0 bridgehead atoms. The summed E-state index contributed by atoms with van der Waals surface area (Å²) in [7, 11) is 1.86. The van der Waals surface area contributed by atoms with Crippen LogP contribution in [0.3, 0.4) is 0 Å². The molecule has 168 valence electrons. The van der Waals surface area contributed by atoms with Gasteiger partial charge in [-0.2, -0.15) is 13.2 Å². The van der Waals surface area contributed by atoms with Gasteiger partial charge in [-0.05, 0) is 63.6 Å². The van der Waals surface area contributed by atoms with Gasteiger partial charge in [0, 0.05) is 18.2 Å². The first kappa shape index (κ1) is 22.8. The average Bonchev–Trinajstić information content (AvgIpc) is 2.68. The van der Waals surface area contributed by atoms with E-state index >= 15 is 0 Å². The first-order valence-electron chi connectivity index (χ1n) is 9.98. The number of phenols is 1. The molecule has 0 saturated carbocycles. The predicted octanol–water partition coefficient (Wildman–Crippen LogP) is 3.61. The summed E-state index contributed by atoms with van der Waals surface area (Å²) in [5.74, 6) is -0.215. The molecular formula is C21H25F3N4O3. The number of esters is 1. The lowest BCUT2D eigenvalue weighted by atomic mass is 9.98. The van der Waals surface area contributed by atoms with Crippen molar-refractivity contribution in [2.45, 2.75) is 44.9 Å². The van der Waals surface area contributed by atoms with Gasteiger partial charge in [0.2, 0.25) is 0 Å². The van der Waals surface area contributed by atoms with E-state index in [1.807, 2.05) is 11.9 Å². The number of likely N-dealkylation sites (N-methyl/N-ethyl adjacent to an activating group) is 1. The molecule has 31 heavy (non-hydrogen) atoms. The smallest absolute Gasteiger partial charge is 0.416 e. The Morgan fingerprint density at radius 2 is 2.03 bits per heavy atom. The molecule has 3 rings (SSSR count). The van der Waals surface area contributed by atoms with Crippen LogP contribution in [0.5, 0.6) is 5.75 Å². The number of nitrogens with zero attached hydrogens (tertiary/aromatic N) is 3. The molecule has 1 saturated heterocycles. The second-order valence-electron chi connectivity index (χ2n) is 7.62. The van der Waals surface area contributed by atoms with Crippen LogP contribution in [-0.4, -0.2) is 58.5 Å². The summed E-state index contributed by atoms with van der Waals surface area (Å²) in [6.45, 7) is 4.49. The molecule has 0 unspecified atom stereocenters. The van der Waals surface area contributed by atoms with Crippen molar-refractivity contribution in [2.24, 2.45) is 0 Å². The van der Waals surface area contributed by atoms with E-state index in [1.54, 1.807) is 19.9 Å². The number of aromatic nitrogens is 2. The molecule has 1 aromatic carbocycles. The highest BCUT2D eigenvalue weighted by Crippen LogP contribution is 2.36. The van der Waals surface area contributed by atoms with E-state index in [4.69, 9.17) is 4.74 Å². The van der Waals surface area contributed by atoms with Crippen LogP contribution in [0.4, 0.5) is 19.0 Å². The first-order valence-corrected chi connectivity index (χ1v) is 9.98. The minimum absolute atomic E-state index is 0.0506. The highest BCUT2D eigenvalue weighted by molar-refractivity contribution is 5.76. The molecule has 0 amide bonds. The Balaban J connectivity index is 1.70. The summed E-state index contributed by atoms with van der Waals surface area (Å²) >= 11 is 0. The third kappa shape index (κ3) is 5.25. The number of ether oxygens (including phenoxy) is 1. The number of aryl methyl sites for hydroxylation is 1. The van der Waals surface area contributed by atoms with Crippen LogP contribution in [-0.2, 0) is 15.7 Å². The number of likely N-dealkylation sites (tertiary alicyclic amines) is 1. The Labute approximate surface area is 178 Å². The number of phenolic OH excluding ortho intramolecular Hbond substituents is 1. The van der Waals surface area contributed by atoms with E-state index in [9.17, 15) is 23.1 Å². The molecule has 0 aliphatic carbocycles. The lowest BCUT2D eigenvalue weighted by Gasteiger charge is -2.36. The minimum Gasteiger partial charge on any atom is -0.507 e. The van der Waals surface area contributed by atoms with E-state index in [-0.39, 0.29) is 23.6 Å². The zero-order valence-electron chi connectivity index (χ0n) is 17.5. The molecule has 7 nitrogen and oxygen atoms in total. The van der Waals surface area contributed by atoms with E-state index in [0.29, 0.717) is 42.7 Å². The topological polar surface area (TPSA) is 87.6 Å². The summed E-state index contributed by atoms with van der Waals surface area (Å²) in [6.07, 6.45) is -3.14. The van der Waals surface area contributed by atoms with Gasteiger partial charge < -0.3 is 15.2 Å². The summed E-state index contributed by atoms with van der Waals surface area (Å²) < 4.78 is 43.5. The molecule has 0 spiro atoms. The molecule has 2 N–H and O–H groups in total. The largest absolute Gasteiger partial charge is 0.507 e. The van der Waals surface area contributed by atoms with Crippen molar-refractivity contribution in [3.63, 3.8) is 0 Å². The van der Waals surface area contributed by atoms with Crippen molar-refractivity contribution < 1.29 is 27.8 Å². The summed E-state index contributed by atoms with van der Waals surface area (Å²) in [4.78, 5) is 13.9. The highest BCUT2D eigenvalue weighted by Gasteiger charge is 2.32. The van der Waals surface area contributed by atoms with Gasteiger partial charge in [-0.3, -0.25) is 9.69 Å². The van der Waals surface area contributed by atoms with Crippen molar-refractivity contribution in [1.82, 2.24) is 15.1 Å². The molecule has 0 radical (unpaired) electrons. The van der Waals surface area contributed by atoms with Gasteiger partial charge >= 0.3 is 12.1 Å². The van der Waals surface area contributed by atoms with Crippen LogP contribution in [0, 0.1) is 6.92 Å². The van der Waals surface area contributed by atoms with E-state index in [0.717, 1.165) is 12.5 Å². The molecule has 10 heteroatoms. The maximum absolute atomic E-state index is 12.8. The van der Waals surface area contributed by atoms with E-state index in [1.165, 1.54) is 6.07 Å². The van der Waals surface area contributed by atoms with Crippen LogP contribution in [0.1, 0.15) is 30.9 Å². The molecule has 1 aromatic heterocycles. The van der Waals surface area contributed by atoms with Crippen LogP contribution < -0.4 is 5.32 Å². The molecule has 1 fully saturated rings. The van der Waals surface area contributed by atoms with Crippen LogP contribution >= 0.6 is 0 Å². The van der Waals surface area contributed by atoms with Gasteiger partial charge in [-0.15, -0.1) is 10.2 Å². The highest BCUT2D eigenvalue weighted by atomic mass is 19.4. The number of rotatable bonds is 5. The van der Waals surface area contributed by atoms with Crippen molar-refractivity contribution in [2.75, 3.05) is 25.5 Å². The van der Waals surface area contributed by atoms with Gasteiger partial charge in [0.15, 0.2) is 0 Å². The lowest BCUT2D eigenvalue weighted by Crippen LogP contribution is -2.49. The van der Waals surface area contributed by atoms with Gasteiger partial charge in [0.1, 0.15) is 17.6 Å². The Hall–Kier alpha value is -2.88. The fraction of sp³-hybridized carbons (Fsp3) is 0.476.